The van der Waals surface area contributed by atoms with Crippen molar-refractivity contribution >= 4 is 35.6 Å². The molecule has 31 heavy (non-hydrogen) atoms. The zero-order chi connectivity index (χ0) is 23.6. The van der Waals surface area contributed by atoms with Crippen LogP contribution in [0.1, 0.15) is 18.5 Å². The van der Waals surface area contributed by atoms with Gasteiger partial charge in [0, 0.05) is 18.3 Å². The van der Waals surface area contributed by atoms with Crippen LogP contribution in [-0.4, -0.2) is 80.4 Å². The highest BCUT2D eigenvalue weighted by Gasteiger charge is 2.30. The SMILES string of the molecule is NC(=O)CC(N)C(=O)NC(CC(=O)O)C(=O)NC(Cc1cnc[nH]1)C(=O)NCC(=O)O. The normalized spacial score (nSPS) is 13.3. The van der Waals surface area contributed by atoms with Gasteiger partial charge in [0.15, 0.2) is 0 Å². The molecule has 4 amide bonds. The van der Waals surface area contributed by atoms with E-state index in [2.05, 4.69) is 25.9 Å². The zero-order valence-corrected chi connectivity index (χ0v) is 16.2. The van der Waals surface area contributed by atoms with Crippen molar-refractivity contribution in [2.75, 3.05) is 6.54 Å². The van der Waals surface area contributed by atoms with Gasteiger partial charge >= 0.3 is 11.9 Å². The number of hydrogen-bond acceptors (Lipinski definition) is 8. The number of hydrogen-bond donors (Lipinski definition) is 8. The third-order valence-corrected chi connectivity index (χ3v) is 3.80. The molecule has 0 aromatic carbocycles. The second kappa shape index (κ2) is 11.9. The summed E-state index contributed by atoms with van der Waals surface area (Å²) in [6.45, 7) is -0.717. The van der Waals surface area contributed by atoms with E-state index in [1.165, 1.54) is 12.5 Å². The standard InChI is InChI=1S/C16H23N7O8/c17-8(2-11(18)24)14(29)22-10(3-12(25)26)16(31)23-9(1-7-4-19-6-21-7)15(30)20-5-13(27)28/h4,6,8-10H,1-3,5,17H2,(H2,18,24)(H,19,21)(H,20,30)(H,22,29)(H,23,31)(H,25,26)(H,27,28). The first kappa shape index (κ1) is 25.0. The molecule has 0 radical (unpaired) electrons. The third kappa shape index (κ3) is 9.35. The van der Waals surface area contributed by atoms with E-state index in [9.17, 15) is 28.8 Å². The second-order valence-corrected chi connectivity index (χ2v) is 6.39. The molecule has 10 N–H and O–H groups in total. The maximum Gasteiger partial charge on any atom is 0.322 e. The smallest absolute Gasteiger partial charge is 0.322 e. The Kier molecular flexibility index (Phi) is 9.58. The lowest BCUT2D eigenvalue weighted by Gasteiger charge is -2.23. The number of carbonyl (C=O) groups excluding carboxylic acids is 4. The number of amides is 4. The lowest BCUT2D eigenvalue weighted by Crippen LogP contribution is -2.57. The van der Waals surface area contributed by atoms with Crippen LogP contribution in [0, 0.1) is 0 Å². The summed E-state index contributed by atoms with van der Waals surface area (Å²) < 4.78 is 0. The summed E-state index contributed by atoms with van der Waals surface area (Å²) in [5.74, 6) is -6.55. The Morgan fingerprint density at radius 1 is 0.968 bits per heavy atom. The molecule has 15 nitrogen and oxygen atoms in total. The Morgan fingerprint density at radius 2 is 1.61 bits per heavy atom. The fourth-order valence-electron chi connectivity index (χ4n) is 2.36. The van der Waals surface area contributed by atoms with Gasteiger partial charge in [-0.15, -0.1) is 0 Å². The molecule has 0 saturated heterocycles. The van der Waals surface area contributed by atoms with E-state index in [0.29, 0.717) is 5.69 Å². The van der Waals surface area contributed by atoms with Crippen LogP contribution in [0.2, 0.25) is 0 Å². The molecular formula is C16H23N7O8. The minimum absolute atomic E-state index is 0.133. The Bertz CT molecular complexity index is 826. The largest absolute Gasteiger partial charge is 0.481 e. The van der Waals surface area contributed by atoms with E-state index < -0.39 is 73.1 Å². The number of nitrogens with zero attached hydrogens (tertiary/aromatic N) is 1. The molecule has 0 bridgehead atoms. The molecule has 0 aliphatic rings. The maximum atomic E-state index is 12.6. The monoisotopic (exact) mass is 441 g/mol. The van der Waals surface area contributed by atoms with Crippen LogP contribution in [-0.2, 0) is 35.2 Å². The lowest BCUT2D eigenvalue weighted by molar-refractivity contribution is -0.141. The van der Waals surface area contributed by atoms with Gasteiger partial charge in [0.05, 0.1) is 25.2 Å². The molecule has 0 fully saturated rings. The molecule has 1 aromatic heterocycles. The van der Waals surface area contributed by atoms with Crippen molar-refractivity contribution in [3.8, 4) is 0 Å². The van der Waals surface area contributed by atoms with E-state index in [4.69, 9.17) is 21.7 Å². The number of imidazole rings is 1. The van der Waals surface area contributed by atoms with Gasteiger partial charge in [-0.3, -0.25) is 28.8 Å². The molecule has 15 heteroatoms. The summed E-state index contributed by atoms with van der Waals surface area (Å²) >= 11 is 0. The van der Waals surface area contributed by atoms with Gasteiger partial charge in [0.1, 0.15) is 18.6 Å². The number of aliphatic carboxylic acids is 2. The van der Waals surface area contributed by atoms with E-state index in [1.54, 1.807) is 0 Å². The van der Waals surface area contributed by atoms with Crippen molar-refractivity contribution in [2.45, 2.75) is 37.4 Å². The van der Waals surface area contributed by atoms with Gasteiger partial charge in [0.2, 0.25) is 23.6 Å². The van der Waals surface area contributed by atoms with Gasteiger partial charge in [-0.2, -0.15) is 0 Å². The number of H-pyrrole nitrogens is 1. The predicted octanol–water partition coefficient (Wildman–Crippen LogP) is -4.20. The molecule has 0 aliphatic carbocycles. The number of carbonyl (C=O) groups is 6. The van der Waals surface area contributed by atoms with Crippen LogP contribution in [0.3, 0.4) is 0 Å². The summed E-state index contributed by atoms with van der Waals surface area (Å²) in [4.78, 5) is 76.1. The first-order valence-corrected chi connectivity index (χ1v) is 8.82. The molecule has 0 spiro atoms. The number of rotatable bonds is 13. The summed E-state index contributed by atoms with van der Waals surface area (Å²) in [6.07, 6.45) is 1.16. The van der Waals surface area contributed by atoms with Gasteiger partial charge in [-0.25, -0.2) is 4.98 Å². The highest BCUT2D eigenvalue weighted by molar-refractivity contribution is 5.96. The first-order valence-electron chi connectivity index (χ1n) is 8.82. The molecule has 0 saturated carbocycles. The highest BCUT2D eigenvalue weighted by Crippen LogP contribution is 2.02. The summed E-state index contributed by atoms with van der Waals surface area (Å²) in [5.41, 5.74) is 10.8. The number of carboxylic acid groups (broad SMARTS) is 2. The number of aromatic amines is 1. The Hall–Kier alpha value is -4.01. The quantitative estimate of drug-likeness (QED) is 0.146. The maximum absolute atomic E-state index is 12.6. The first-order chi connectivity index (χ1) is 14.5. The highest BCUT2D eigenvalue weighted by atomic mass is 16.4. The third-order valence-electron chi connectivity index (χ3n) is 3.80. The molecule has 0 aliphatic heterocycles. The van der Waals surface area contributed by atoms with Crippen LogP contribution in [0.5, 0.6) is 0 Å². The van der Waals surface area contributed by atoms with Gasteiger partial charge in [-0.05, 0) is 0 Å². The predicted molar refractivity (Wildman–Crippen MR) is 101 cm³/mol. The number of nitrogens with two attached hydrogens (primary N) is 2. The molecule has 3 atom stereocenters. The van der Waals surface area contributed by atoms with Crippen molar-refractivity contribution < 1.29 is 39.0 Å². The van der Waals surface area contributed by atoms with Gasteiger partial charge in [0.25, 0.3) is 0 Å². The molecule has 1 rings (SSSR count). The molecule has 3 unspecified atom stereocenters. The lowest BCUT2D eigenvalue weighted by atomic mass is 10.1. The van der Waals surface area contributed by atoms with Crippen LogP contribution < -0.4 is 27.4 Å². The van der Waals surface area contributed by atoms with Crippen LogP contribution in [0.4, 0.5) is 0 Å². The van der Waals surface area contributed by atoms with Crippen LogP contribution in [0.25, 0.3) is 0 Å². The zero-order valence-electron chi connectivity index (χ0n) is 16.2. The number of aromatic nitrogens is 2. The average molecular weight is 441 g/mol. The van der Waals surface area contributed by atoms with E-state index in [0.717, 1.165) is 0 Å². The van der Waals surface area contributed by atoms with Crippen molar-refractivity contribution in [3.63, 3.8) is 0 Å². The fraction of sp³-hybridized carbons (Fsp3) is 0.438. The van der Waals surface area contributed by atoms with Crippen molar-refractivity contribution in [1.29, 1.82) is 0 Å². The van der Waals surface area contributed by atoms with Gasteiger partial charge in [-0.1, -0.05) is 0 Å². The van der Waals surface area contributed by atoms with E-state index in [1.807, 2.05) is 0 Å². The Labute approximate surface area is 174 Å². The topological polar surface area (TPSA) is 260 Å². The molecular weight excluding hydrogens is 418 g/mol. The van der Waals surface area contributed by atoms with Crippen LogP contribution in [0.15, 0.2) is 12.5 Å². The summed E-state index contributed by atoms with van der Waals surface area (Å²) in [7, 11) is 0. The van der Waals surface area contributed by atoms with E-state index in [-0.39, 0.29) is 6.42 Å². The minimum Gasteiger partial charge on any atom is -0.481 e. The number of nitrogens with one attached hydrogen (secondary N) is 4. The number of carboxylic acids is 2. The molecule has 1 heterocycles. The Morgan fingerprint density at radius 3 is 2.13 bits per heavy atom. The van der Waals surface area contributed by atoms with Crippen molar-refractivity contribution in [1.82, 2.24) is 25.9 Å². The fourth-order valence-corrected chi connectivity index (χ4v) is 2.36. The van der Waals surface area contributed by atoms with Crippen molar-refractivity contribution in [3.05, 3.63) is 18.2 Å². The molecule has 1 aromatic rings. The number of primary amides is 1. The van der Waals surface area contributed by atoms with Gasteiger partial charge < -0.3 is 42.6 Å². The minimum atomic E-state index is -1.64. The second-order valence-electron chi connectivity index (χ2n) is 6.39. The van der Waals surface area contributed by atoms with Crippen molar-refractivity contribution in [2.24, 2.45) is 11.5 Å². The van der Waals surface area contributed by atoms with E-state index >= 15 is 0 Å². The Balaban J connectivity index is 2.95. The van der Waals surface area contributed by atoms with Crippen LogP contribution >= 0.6 is 0 Å². The summed E-state index contributed by atoms with van der Waals surface area (Å²) in [6, 6.07) is -4.37. The summed E-state index contributed by atoms with van der Waals surface area (Å²) in [5, 5.41) is 24.2. The average Bonchev–Trinajstić information content (AvgIpc) is 3.17. The molecule has 170 valence electrons.